The predicted octanol–water partition coefficient (Wildman–Crippen LogP) is 3.13. The van der Waals surface area contributed by atoms with Crippen molar-refractivity contribution in [1.82, 2.24) is 0 Å². The van der Waals surface area contributed by atoms with Gasteiger partial charge in [-0.2, -0.15) is 0 Å². The Morgan fingerprint density at radius 1 is 1.06 bits per heavy atom. The quantitative estimate of drug-likeness (QED) is 0.629. The van der Waals surface area contributed by atoms with Gasteiger partial charge in [-0.15, -0.1) is 0 Å². The van der Waals surface area contributed by atoms with E-state index in [9.17, 15) is 22.3 Å². The predicted molar refractivity (Wildman–Crippen MR) is 114 cm³/mol. The number of aliphatic hydroxyl groups excluding tert-OH is 1. The van der Waals surface area contributed by atoms with Crippen LogP contribution in [0.3, 0.4) is 0 Å². The van der Waals surface area contributed by atoms with Crippen LogP contribution < -0.4 is 10.2 Å². The minimum Gasteiger partial charge on any atom is -0.367 e. The zero-order valence-electron chi connectivity index (χ0n) is 17.0. The maximum absolute atomic E-state index is 14.7. The van der Waals surface area contributed by atoms with E-state index < -0.39 is 27.9 Å². The number of rotatable bonds is 7. The van der Waals surface area contributed by atoms with Gasteiger partial charge in [0.05, 0.1) is 18.1 Å². The summed E-state index contributed by atoms with van der Waals surface area (Å²) in [6, 6.07) is 11.5. The van der Waals surface area contributed by atoms with Gasteiger partial charge in [0.1, 0.15) is 5.69 Å². The number of hydrogen-bond acceptors (Lipinski definition) is 6. The average molecular weight is 453 g/mol. The molecule has 0 aliphatic carbocycles. The van der Waals surface area contributed by atoms with Crippen molar-refractivity contribution in [2.45, 2.75) is 25.9 Å². The van der Waals surface area contributed by atoms with Crippen molar-refractivity contribution in [3.8, 4) is 0 Å². The molecule has 0 saturated carbocycles. The van der Waals surface area contributed by atoms with Crippen molar-refractivity contribution >= 4 is 21.2 Å². The monoisotopic (exact) mass is 452 g/mol. The SMILES string of the molecule is O=S1(=O)CC(C2CCN(c3c(F)cc(NC(O)OCc4ccccc4)cc3F)CC2)C1. The molecular formula is C22H26F2N2O4S. The van der Waals surface area contributed by atoms with E-state index in [0.29, 0.717) is 25.9 Å². The van der Waals surface area contributed by atoms with E-state index in [4.69, 9.17) is 4.74 Å². The molecule has 1 atom stereocenters. The number of piperidine rings is 1. The van der Waals surface area contributed by atoms with Gasteiger partial charge in [-0.1, -0.05) is 30.3 Å². The lowest BCUT2D eigenvalue weighted by Crippen LogP contribution is -2.46. The molecular weight excluding hydrogens is 426 g/mol. The van der Waals surface area contributed by atoms with Crippen molar-refractivity contribution in [1.29, 1.82) is 0 Å². The molecule has 2 aromatic carbocycles. The molecule has 2 heterocycles. The maximum atomic E-state index is 14.7. The summed E-state index contributed by atoms with van der Waals surface area (Å²) in [5.74, 6) is -0.524. The summed E-state index contributed by atoms with van der Waals surface area (Å²) < 4.78 is 57.5. The van der Waals surface area contributed by atoms with Crippen LogP contribution >= 0.6 is 0 Å². The van der Waals surface area contributed by atoms with Gasteiger partial charge in [0.2, 0.25) is 6.41 Å². The van der Waals surface area contributed by atoms with Crippen LogP contribution in [0.1, 0.15) is 18.4 Å². The topological polar surface area (TPSA) is 78.9 Å². The summed E-state index contributed by atoms with van der Waals surface area (Å²) in [4.78, 5) is 1.67. The van der Waals surface area contributed by atoms with Crippen LogP contribution in [0.4, 0.5) is 20.2 Å². The number of ether oxygens (including phenoxy) is 1. The highest BCUT2D eigenvalue weighted by Crippen LogP contribution is 2.36. The Labute approximate surface area is 180 Å². The van der Waals surface area contributed by atoms with Crippen LogP contribution in [0, 0.1) is 23.5 Å². The Morgan fingerprint density at radius 3 is 2.26 bits per heavy atom. The third-order valence-electron chi connectivity index (χ3n) is 6.02. The van der Waals surface area contributed by atoms with Gasteiger partial charge in [-0.05, 0) is 42.4 Å². The third-order valence-corrected chi connectivity index (χ3v) is 7.89. The number of nitrogens with zero attached hydrogens (tertiary/aromatic N) is 1. The summed E-state index contributed by atoms with van der Waals surface area (Å²) >= 11 is 0. The highest BCUT2D eigenvalue weighted by atomic mass is 32.2. The van der Waals surface area contributed by atoms with Crippen molar-refractivity contribution in [2.75, 3.05) is 34.8 Å². The fraction of sp³-hybridized carbons (Fsp3) is 0.455. The fourth-order valence-corrected chi connectivity index (χ4v) is 6.11. The Balaban J connectivity index is 1.33. The first-order valence-electron chi connectivity index (χ1n) is 10.4. The van der Waals surface area contributed by atoms with Crippen LogP contribution in [-0.2, 0) is 21.2 Å². The number of nitrogens with one attached hydrogen (secondary N) is 1. The number of hydrogen-bond donors (Lipinski definition) is 2. The first-order valence-corrected chi connectivity index (χ1v) is 12.2. The normalized spacial score (nSPS) is 20.3. The van der Waals surface area contributed by atoms with Gasteiger partial charge < -0.3 is 20.1 Å². The minimum absolute atomic E-state index is 0.0777. The molecule has 2 saturated heterocycles. The van der Waals surface area contributed by atoms with E-state index >= 15 is 0 Å². The number of benzene rings is 2. The lowest BCUT2D eigenvalue weighted by molar-refractivity contribution is -0.0871. The molecule has 2 fully saturated rings. The lowest BCUT2D eigenvalue weighted by Gasteiger charge is -2.40. The van der Waals surface area contributed by atoms with Crippen molar-refractivity contribution in [2.24, 2.45) is 11.8 Å². The lowest BCUT2D eigenvalue weighted by atomic mass is 9.86. The first kappa shape index (κ1) is 22.0. The molecule has 0 amide bonds. The number of halogens is 2. The van der Waals surface area contributed by atoms with Gasteiger partial charge in [0.15, 0.2) is 21.5 Å². The van der Waals surface area contributed by atoms with Crippen LogP contribution in [-0.4, -0.2) is 44.5 Å². The standard InChI is InChI=1S/C22H26F2N2O4S/c23-19-10-18(25-22(27)30-12-15-4-2-1-3-5-15)11-20(24)21(19)26-8-6-16(7-9-26)17-13-31(28,29)14-17/h1-5,10-11,16-17,22,25,27H,6-9,12-14H2. The molecule has 168 valence electrons. The van der Waals surface area contributed by atoms with Crippen LogP contribution in [0.25, 0.3) is 0 Å². The summed E-state index contributed by atoms with van der Waals surface area (Å²) in [5.41, 5.74) is 0.845. The average Bonchev–Trinajstić information content (AvgIpc) is 2.71. The minimum atomic E-state index is -2.87. The zero-order chi connectivity index (χ0) is 22.0. The number of sulfone groups is 1. The molecule has 1 unspecified atom stereocenters. The molecule has 2 aliphatic heterocycles. The van der Waals surface area contributed by atoms with Crippen LogP contribution in [0.5, 0.6) is 0 Å². The van der Waals surface area contributed by atoms with Crippen LogP contribution in [0.2, 0.25) is 0 Å². The van der Waals surface area contributed by atoms with Crippen molar-refractivity contribution in [3.05, 3.63) is 59.7 Å². The van der Waals surface area contributed by atoms with Gasteiger partial charge in [0.25, 0.3) is 0 Å². The molecule has 6 nitrogen and oxygen atoms in total. The Kier molecular flexibility index (Phi) is 6.45. The molecule has 2 aromatic rings. The Bertz CT molecular complexity index is 976. The van der Waals surface area contributed by atoms with E-state index in [-0.39, 0.29) is 41.3 Å². The molecule has 2 N–H and O–H groups in total. The maximum Gasteiger partial charge on any atom is 0.235 e. The molecule has 4 rings (SSSR count). The molecule has 9 heteroatoms. The second-order valence-corrected chi connectivity index (χ2v) is 10.4. The molecule has 0 aromatic heterocycles. The number of anilines is 2. The van der Waals surface area contributed by atoms with E-state index in [1.54, 1.807) is 4.90 Å². The van der Waals surface area contributed by atoms with Crippen molar-refractivity contribution in [3.63, 3.8) is 0 Å². The fourth-order valence-electron chi connectivity index (χ4n) is 4.35. The largest absolute Gasteiger partial charge is 0.367 e. The second kappa shape index (κ2) is 9.10. The van der Waals surface area contributed by atoms with Crippen LogP contribution in [0.15, 0.2) is 42.5 Å². The van der Waals surface area contributed by atoms with Gasteiger partial charge in [-0.3, -0.25) is 0 Å². The Morgan fingerprint density at radius 2 is 1.68 bits per heavy atom. The smallest absolute Gasteiger partial charge is 0.235 e. The molecule has 2 aliphatic rings. The molecule has 0 bridgehead atoms. The zero-order valence-corrected chi connectivity index (χ0v) is 17.8. The summed E-state index contributed by atoms with van der Waals surface area (Å²) in [6.07, 6.45) is 0.00954. The van der Waals surface area contributed by atoms with Crippen molar-refractivity contribution < 1.29 is 27.0 Å². The number of aliphatic hydroxyl groups is 1. The van der Waals surface area contributed by atoms with E-state index in [1.165, 1.54) is 0 Å². The van der Waals surface area contributed by atoms with E-state index in [2.05, 4.69) is 5.32 Å². The molecule has 0 spiro atoms. The van der Waals surface area contributed by atoms with E-state index in [0.717, 1.165) is 17.7 Å². The summed E-state index contributed by atoms with van der Waals surface area (Å²) in [7, 11) is -2.87. The third kappa shape index (κ3) is 5.34. The summed E-state index contributed by atoms with van der Waals surface area (Å²) in [6.45, 7) is 1.10. The highest BCUT2D eigenvalue weighted by Gasteiger charge is 2.40. The molecule has 31 heavy (non-hydrogen) atoms. The van der Waals surface area contributed by atoms with Gasteiger partial charge >= 0.3 is 0 Å². The van der Waals surface area contributed by atoms with Gasteiger partial charge in [-0.25, -0.2) is 17.2 Å². The van der Waals surface area contributed by atoms with Gasteiger partial charge in [0, 0.05) is 18.8 Å². The van der Waals surface area contributed by atoms with E-state index in [1.807, 2.05) is 30.3 Å². The summed E-state index contributed by atoms with van der Waals surface area (Å²) in [5, 5.41) is 12.5. The first-order chi connectivity index (χ1) is 14.8. The molecule has 0 radical (unpaired) electrons. The second-order valence-electron chi connectivity index (χ2n) is 8.24. The Hall–Kier alpha value is -2.23. The highest BCUT2D eigenvalue weighted by molar-refractivity contribution is 7.92.